The first kappa shape index (κ1) is 20.8. The number of hydrogen-bond donors (Lipinski definition) is 0. The van der Waals surface area contributed by atoms with Crippen molar-refractivity contribution in [3.63, 3.8) is 0 Å². The molecule has 0 amide bonds. The summed E-state index contributed by atoms with van der Waals surface area (Å²) in [7, 11) is 2.18. The molecule has 0 aromatic heterocycles. The lowest BCUT2D eigenvalue weighted by molar-refractivity contribution is 0.438. The van der Waals surface area contributed by atoms with Crippen molar-refractivity contribution in [3.05, 3.63) is 29.8 Å². The van der Waals surface area contributed by atoms with Crippen LogP contribution < -0.4 is 4.43 Å². The van der Waals surface area contributed by atoms with Crippen molar-refractivity contribution in [2.45, 2.75) is 71.0 Å². The van der Waals surface area contributed by atoms with Gasteiger partial charge in [-0.15, -0.1) is 0 Å². The number of rotatable bonds is 9. The Kier molecular flexibility index (Phi) is 8.00. The van der Waals surface area contributed by atoms with Gasteiger partial charge in [-0.2, -0.15) is 5.10 Å². The first-order valence-electron chi connectivity index (χ1n) is 9.09. The van der Waals surface area contributed by atoms with Gasteiger partial charge in [-0.1, -0.05) is 39.3 Å². The first-order valence-corrected chi connectivity index (χ1v) is 12.0. The van der Waals surface area contributed by atoms with Crippen LogP contribution in [0.5, 0.6) is 5.75 Å². The smallest absolute Gasteiger partial charge is 0.250 e. The molecule has 0 saturated heterocycles. The molecule has 0 saturated carbocycles. The van der Waals surface area contributed by atoms with Crippen molar-refractivity contribution < 1.29 is 4.43 Å². The van der Waals surface area contributed by atoms with E-state index in [4.69, 9.17) is 4.43 Å². The topological polar surface area (TPSA) is 24.8 Å². The molecule has 0 fully saturated rings. The van der Waals surface area contributed by atoms with Crippen LogP contribution in [-0.2, 0) is 6.42 Å². The van der Waals surface area contributed by atoms with Crippen LogP contribution >= 0.6 is 0 Å². The van der Waals surface area contributed by atoms with E-state index in [1.807, 2.05) is 25.3 Å². The molecule has 0 heterocycles. The molecule has 1 rings (SSSR count). The summed E-state index contributed by atoms with van der Waals surface area (Å²) in [4.78, 5) is 0. The molecular formula is C20H36N2OSi. The lowest BCUT2D eigenvalue weighted by Gasteiger charge is -2.36. The van der Waals surface area contributed by atoms with E-state index in [9.17, 15) is 0 Å². The van der Waals surface area contributed by atoms with Gasteiger partial charge in [0.25, 0.3) is 0 Å². The fourth-order valence-corrected chi connectivity index (χ4v) is 3.17. The summed E-state index contributed by atoms with van der Waals surface area (Å²) >= 11 is 0. The van der Waals surface area contributed by atoms with Crippen LogP contribution in [0.2, 0.25) is 18.1 Å². The van der Waals surface area contributed by atoms with E-state index >= 15 is 0 Å². The van der Waals surface area contributed by atoms with Crippen LogP contribution in [0.1, 0.15) is 52.0 Å². The fraction of sp³-hybridized carbons (Fsp3) is 0.650. The molecule has 0 aliphatic carbocycles. The molecule has 0 radical (unpaired) electrons. The van der Waals surface area contributed by atoms with Crippen LogP contribution in [0.3, 0.4) is 0 Å². The predicted molar refractivity (Wildman–Crippen MR) is 109 cm³/mol. The molecule has 1 aromatic rings. The lowest BCUT2D eigenvalue weighted by Crippen LogP contribution is -2.43. The molecule has 4 heteroatoms. The molecule has 136 valence electrons. The Labute approximate surface area is 150 Å². The normalized spacial score (nSPS) is 12.6. The van der Waals surface area contributed by atoms with Crippen molar-refractivity contribution in [2.75, 3.05) is 14.1 Å². The van der Waals surface area contributed by atoms with Gasteiger partial charge in [0.1, 0.15) is 5.75 Å². The van der Waals surface area contributed by atoms with Gasteiger partial charge < -0.3 is 9.43 Å². The van der Waals surface area contributed by atoms with E-state index in [-0.39, 0.29) is 5.04 Å². The Morgan fingerprint density at radius 2 is 1.67 bits per heavy atom. The number of unbranched alkanes of at least 4 members (excludes halogenated alkanes) is 3. The lowest BCUT2D eigenvalue weighted by atomic mass is 10.1. The largest absolute Gasteiger partial charge is 0.544 e. The van der Waals surface area contributed by atoms with E-state index in [2.05, 4.69) is 63.2 Å². The van der Waals surface area contributed by atoms with Gasteiger partial charge in [0, 0.05) is 20.3 Å². The third-order valence-electron chi connectivity index (χ3n) is 4.71. The highest BCUT2D eigenvalue weighted by atomic mass is 28.4. The molecular weight excluding hydrogens is 312 g/mol. The summed E-state index contributed by atoms with van der Waals surface area (Å²) in [5.41, 5.74) is 1.40. The van der Waals surface area contributed by atoms with Crippen molar-refractivity contribution in [1.29, 1.82) is 0 Å². The summed E-state index contributed by atoms with van der Waals surface area (Å²) in [6, 6.07) is 8.71. The monoisotopic (exact) mass is 348 g/mol. The average molecular weight is 349 g/mol. The zero-order valence-corrected chi connectivity index (χ0v) is 17.7. The van der Waals surface area contributed by atoms with Crippen LogP contribution in [0.25, 0.3) is 0 Å². The van der Waals surface area contributed by atoms with Gasteiger partial charge in [-0.3, -0.25) is 0 Å². The van der Waals surface area contributed by atoms with Crippen LogP contribution in [-0.4, -0.2) is 33.6 Å². The van der Waals surface area contributed by atoms with E-state index < -0.39 is 8.32 Å². The molecule has 0 atom stereocenters. The van der Waals surface area contributed by atoms with Crippen molar-refractivity contribution in [1.82, 2.24) is 5.01 Å². The summed E-state index contributed by atoms with van der Waals surface area (Å²) in [6.45, 7) is 11.4. The maximum absolute atomic E-state index is 6.33. The summed E-state index contributed by atoms with van der Waals surface area (Å²) < 4.78 is 6.33. The summed E-state index contributed by atoms with van der Waals surface area (Å²) in [6.07, 6.45) is 7.92. The van der Waals surface area contributed by atoms with Crippen molar-refractivity contribution in [2.24, 2.45) is 5.10 Å². The SMILES string of the molecule is CN(C)/N=C/CCCCCc1ccc(O[Si](C)(C)C(C)(C)C)cc1. The van der Waals surface area contributed by atoms with Gasteiger partial charge in [0.15, 0.2) is 0 Å². The maximum Gasteiger partial charge on any atom is 0.250 e. The van der Waals surface area contributed by atoms with Gasteiger partial charge in [-0.25, -0.2) is 0 Å². The van der Waals surface area contributed by atoms with Gasteiger partial charge in [0.05, 0.1) is 0 Å². The third-order valence-corrected chi connectivity index (χ3v) is 9.07. The first-order chi connectivity index (χ1) is 11.1. The summed E-state index contributed by atoms with van der Waals surface area (Å²) in [5, 5.41) is 6.31. The second-order valence-electron chi connectivity index (χ2n) is 8.25. The van der Waals surface area contributed by atoms with E-state index in [0.717, 1.165) is 18.6 Å². The van der Waals surface area contributed by atoms with Gasteiger partial charge in [-0.05, 0) is 61.5 Å². The van der Waals surface area contributed by atoms with Crippen molar-refractivity contribution in [3.8, 4) is 5.75 Å². The molecule has 24 heavy (non-hydrogen) atoms. The number of nitrogens with zero attached hydrogens (tertiary/aromatic N) is 2. The number of hydrazone groups is 1. The summed E-state index contributed by atoms with van der Waals surface area (Å²) in [5.74, 6) is 1.02. The van der Waals surface area contributed by atoms with E-state index in [1.165, 1.54) is 24.8 Å². The second-order valence-corrected chi connectivity index (χ2v) is 13.0. The predicted octanol–water partition coefficient (Wildman–Crippen LogP) is 5.72. The minimum atomic E-state index is -1.73. The van der Waals surface area contributed by atoms with Crippen LogP contribution in [0, 0.1) is 0 Å². The number of aryl methyl sites for hydroxylation is 1. The Morgan fingerprint density at radius 1 is 1.04 bits per heavy atom. The zero-order chi connectivity index (χ0) is 18.2. The highest BCUT2D eigenvalue weighted by molar-refractivity contribution is 6.74. The average Bonchev–Trinajstić information content (AvgIpc) is 2.46. The highest BCUT2D eigenvalue weighted by Gasteiger charge is 2.38. The Bertz CT molecular complexity index is 501. The van der Waals surface area contributed by atoms with Crippen LogP contribution in [0.4, 0.5) is 0 Å². The molecule has 0 N–H and O–H groups in total. The van der Waals surface area contributed by atoms with Crippen LogP contribution in [0.15, 0.2) is 29.4 Å². The number of hydrogen-bond acceptors (Lipinski definition) is 3. The molecule has 1 aromatic carbocycles. The Morgan fingerprint density at radius 3 is 2.21 bits per heavy atom. The number of benzene rings is 1. The molecule has 0 spiro atoms. The minimum Gasteiger partial charge on any atom is -0.544 e. The third kappa shape index (κ3) is 7.52. The fourth-order valence-electron chi connectivity index (χ4n) is 2.13. The molecule has 0 aliphatic rings. The molecule has 0 aliphatic heterocycles. The van der Waals surface area contributed by atoms with Gasteiger partial charge in [0.2, 0.25) is 8.32 Å². The molecule has 0 bridgehead atoms. The molecule has 3 nitrogen and oxygen atoms in total. The second kappa shape index (κ2) is 9.26. The van der Waals surface area contributed by atoms with E-state index in [0.29, 0.717) is 0 Å². The molecule has 0 unspecified atom stereocenters. The van der Waals surface area contributed by atoms with E-state index in [1.54, 1.807) is 0 Å². The Balaban J connectivity index is 2.35. The van der Waals surface area contributed by atoms with Crippen molar-refractivity contribution >= 4 is 14.5 Å². The van der Waals surface area contributed by atoms with Gasteiger partial charge >= 0.3 is 0 Å². The minimum absolute atomic E-state index is 0.238. The highest BCUT2D eigenvalue weighted by Crippen LogP contribution is 2.37. The standard InChI is InChI=1S/C20H36N2OSi/c1-20(2,3)24(6,7)23-19-15-13-18(14-16-19)12-10-8-9-11-17-21-22(4)5/h13-17H,8-12H2,1-7H3/b21-17+. The Hall–Kier alpha value is -1.29. The zero-order valence-electron chi connectivity index (χ0n) is 16.7. The maximum atomic E-state index is 6.33. The quantitative estimate of drug-likeness (QED) is 0.247.